The van der Waals surface area contributed by atoms with Gasteiger partial charge in [-0.05, 0) is 26.7 Å². The van der Waals surface area contributed by atoms with Crippen molar-refractivity contribution in [1.82, 2.24) is 5.32 Å². The van der Waals surface area contributed by atoms with Gasteiger partial charge in [-0.3, -0.25) is 4.79 Å². The van der Waals surface area contributed by atoms with Gasteiger partial charge in [-0.15, -0.1) is 12.4 Å². The zero-order chi connectivity index (χ0) is 22.0. The van der Waals surface area contributed by atoms with E-state index in [1.54, 1.807) is 13.8 Å². The smallest absolute Gasteiger partial charge is 0.222 e. The minimum Gasteiger partial charge on any atom is -0.369 e. The molecule has 30 heavy (non-hydrogen) atoms. The van der Waals surface area contributed by atoms with Gasteiger partial charge in [-0.2, -0.15) is 0 Å². The van der Waals surface area contributed by atoms with Gasteiger partial charge >= 0.3 is 0 Å². The van der Waals surface area contributed by atoms with Gasteiger partial charge in [0, 0.05) is 6.42 Å². The van der Waals surface area contributed by atoms with Gasteiger partial charge in [0.15, 0.2) is 5.72 Å². The minimum absolute atomic E-state index is 0. The molecule has 0 fully saturated rings. The van der Waals surface area contributed by atoms with E-state index in [0.717, 1.165) is 19.3 Å². The molecule has 0 saturated heterocycles. The Morgan fingerprint density at radius 3 is 1.43 bits per heavy atom. The Labute approximate surface area is 193 Å². The number of amides is 1. The maximum absolute atomic E-state index is 12.2. The summed E-state index contributed by atoms with van der Waals surface area (Å²) < 4.78 is 0. The Balaban J connectivity index is 0. The van der Waals surface area contributed by atoms with Gasteiger partial charge in [0.05, 0.1) is 5.54 Å². The molecule has 1 amide bonds. The highest BCUT2D eigenvalue weighted by atomic mass is 35.5. The van der Waals surface area contributed by atoms with E-state index < -0.39 is 11.3 Å². The van der Waals surface area contributed by atoms with Gasteiger partial charge in [-0.25, -0.2) is 0 Å². The molecule has 0 heterocycles. The SMILES string of the molecule is CCCCCCCCCCCCCCCCCC(=O)NC(O)(CCC)C(C)(C)N.Cl. The van der Waals surface area contributed by atoms with Crippen molar-refractivity contribution >= 4 is 18.3 Å². The highest BCUT2D eigenvalue weighted by Crippen LogP contribution is 2.22. The van der Waals surface area contributed by atoms with Crippen molar-refractivity contribution < 1.29 is 9.90 Å². The zero-order valence-electron chi connectivity index (χ0n) is 20.6. The molecule has 1 atom stereocenters. The molecule has 0 rings (SSSR count). The largest absolute Gasteiger partial charge is 0.369 e. The lowest BCUT2D eigenvalue weighted by Gasteiger charge is -2.40. The van der Waals surface area contributed by atoms with Crippen LogP contribution in [0.4, 0.5) is 0 Å². The maximum Gasteiger partial charge on any atom is 0.222 e. The summed E-state index contributed by atoms with van der Waals surface area (Å²) in [5, 5.41) is 13.5. The quantitative estimate of drug-likeness (QED) is 0.138. The Bertz CT molecular complexity index is 399. The van der Waals surface area contributed by atoms with Crippen LogP contribution >= 0.6 is 12.4 Å². The molecular formula is C25H53ClN2O2. The van der Waals surface area contributed by atoms with Gasteiger partial charge < -0.3 is 16.2 Å². The number of carbonyl (C=O) groups excluding carboxylic acids is 1. The topological polar surface area (TPSA) is 75.3 Å². The first kappa shape index (κ1) is 31.9. The maximum atomic E-state index is 12.2. The van der Waals surface area contributed by atoms with Gasteiger partial charge in [0.2, 0.25) is 5.91 Å². The van der Waals surface area contributed by atoms with E-state index in [2.05, 4.69) is 12.2 Å². The summed E-state index contributed by atoms with van der Waals surface area (Å²) in [5.41, 5.74) is 3.89. The lowest BCUT2D eigenvalue weighted by molar-refractivity contribution is -0.134. The van der Waals surface area contributed by atoms with Crippen LogP contribution in [-0.4, -0.2) is 22.3 Å². The molecule has 4 nitrogen and oxygen atoms in total. The fourth-order valence-corrected chi connectivity index (χ4v) is 3.86. The molecule has 0 radical (unpaired) electrons. The van der Waals surface area contributed by atoms with Crippen molar-refractivity contribution in [3.63, 3.8) is 0 Å². The molecule has 0 aromatic rings. The third-order valence-electron chi connectivity index (χ3n) is 6.03. The van der Waals surface area contributed by atoms with Crippen LogP contribution in [0.5, 0.6) is 0 Å². The molecule has 1 unspecified atom stereocenters. The van der Waals surface area contributed by atoms with Crippen molar-refractivity contribution in [2.24, 2.45) is 5.73 Å². The van der Waals surface area contributed by atoms with Gasteiger partial charge in [-0.1, -0.05) is 110 Å². The number of hydrogen-bond acceptors (Lipinski definition) is 3. The normalized spacial score (nSPS) is 13.5. The molecule has 182 valence electrons. The van der Waals surface area contributed by atoms with E-state index >= 15 is 0 Å². The molecule has 0 bridgehead atoms. The standard InChI is InChI=1S/C25H52N2O2.ClH/c1-5-7-8-9-10-11-12-13-14-15-16-17-18-19-20-21-23(28)27-25(29,22-6-2)24(3,4)26;/h29H,5-22,26H2,1-4H3,(H,27,28);1H. The predicted octanol–water partition coefficient (Wildman–Crippen LogP) is 7.01. The van der Waals surface area contributed by atoms with Crippen LogP contribution < -0.4 is 11.1 Å². The molecule has 0 aromatic heterocycles. The number of halogens is 1. The van der Waals surface area contributed by atoms with E-state index in [9.17, 15) is 9.90 Å². The highest BCUT2D eigenvalue weighted by molar-refractivity contribution is 5.85. The Morgan fingerprint density at radius 2 is 1.10 bits per heavy atom. The lowest BCUT2D eigenvalue weighted by Crippen LogP contribution is -2.66. The summed E-state index contributed by atoms with van der Waals surface area (Å²) in [6, 6.07) is 0. The molecule has 0 aliphatic carbocycles. The number of unbranched alkanes of at least 4 members (excludes halogenated alkanes) is 14. The Hall–Kier alpha value is -0.320. The van der Waals surface area contributed by atoms with Crippen LogP contribution in [-0.2, 0) is 4.79 Å². The van der Waals surface area contributed by atoms with E-state index in [-0.39, 0.29) is 18.3 Å². The van der Waals surface area contributed by atoms with Crippen LogP contribution in [0.3, 0.4) is 0 Å². The average Bonchev–Trinajstić information content (AvgIpc) is 2.64. The summed E-state index contributed by atoms with van der Waals surface area (Å²) in [5.74, 6) is -0.0887. The second-order valence-electron chi connectivity index (χ2n) is 9.58. The molecule has 0 aliphatic heterocycles. The summed E-state index contributed by atoms with van der Waals surface area (Å²) in [6.45, 7) is 7.78. The van der Waals surface area contributed by atoms with Crippen LogP contribution in [0.2, 0.25) is 0 Å². The number of hydrogen-bond donors (Lipinski definition) is 3. The van der Waals surface area contributed by atoms with Gasteiger partial charge in [0.1, 0.15) is 0 Å². The van der Waals surface area contributed by atoms with Crippen LogP contribution in [0.15, 0.2) is 0 Å². The molecule has 0 aromatic carbocycles. The first-order chi connectivity index (χ1) is 13.8. The first-order valence-corrected chi connectivity index (χ1v) is 12.6. The Kier molecular flexibility index (Phi) is 20.6. The fraction of sp³-hybridized carbons (Fsp3) is 0.960. The van der Waals surface area contributed by atoms with Crippen molar-refractivity contribution in [3.8, 4) is 0 Å². The average molecular weight is 449 g/mol. The summed E-state index contributed by atoms with van der Waals surface area (Å²) in [7, 11) is 0. The van der Waals surface area contributed by atoms with Crippen molar-refractivity contribution in [2.75, 3.05) is 0 Å². The second-order valence-corrected chi connectivity index (χ2v) is 9.58. The van der Waals surface area contributed by atoms with Crippen LogP contribution in [0.25, 0.3) is 0 Å². The molecular weight excluding hydrogens is 396 g/mol. The molecule has 4 N–H and O–H groups in total. The van der Waals surface area contributed by atoms with Gasteiger partial charge in [0.25, 0.3) is 0 Å². The number of carbonyl (C=O) groups is 1. The lowest BCUT2D eigenvalue weighted by atomic mass is 9.87. The second kappa shape index (κ2) is 19.4. The van der Waals surface area contributed by atoms with Crippen molar-refractivity contribution in [2.45, 2.75) is 155 Å². The van der Waals surface area contributed by atoms with E-state index in [4.69, 9.17) is 5.73 Å². The van der Waals surface area contributed by atoms with Crippen LogP contribution in [0, 0.1) is 0 Å². The zero-order valence-corrected chi connectivity index (χ0v) is 21.4. The minimum atomic E-state index is -1.33. The van der Waals surface area contributed by atoms with Crippen molar-refractivity contribution in [3.05, 3.63) is 0 Å². The summed E-state index contributed by atoms with van der Waals surface area (Å²) >= 11 is 0. The van der Waals surface area contributed by atoms with E-state index in [1.807, 2.05) is 6.92 Å². The monoisotopic (exact) mass is 448 g/mol. The molecule has 5 heteroatoms. The summed E-state index contributed by atoms with van der Waals surface area (Å²) in [4.78, 5) is 12.2. The number of nitrogens with two attached hydrogens (primary N) is 1. The van der Waals surface area contributed by atoms with Crippen molar-refractivity contribution in [1.29, 1.82) is 0 Å². The predicted molar refractivity (Wildman–Crippen MR) is 133 cm³/mol. The molecule has 0 aliphatic rings. The third kappa shape index (κ3) is 16.4. The van der Waals surface area contributed by atoms with Crippen LogP contribution in [0.1, 0.15) is 143 Å². The summed E-state index contributed by atoms with van der Waals surface area (Å²) in [6.07, 6.45) is 21.4. The molecule has 0 saturated carbocycles. The molecule has 0 spiro atoms. The fourth-order valence-electron chi connectivity index (χ4n) is 3.86. The first-order valence-electron chi connectivity index (χ1n) is 12.6. The third-order valence-corrected chi connectivity index (χ3v) is 6.03. The van der Waals surface area contributed by atoms with E-state index in [1.165, 1.54) is 83.5 Å². The van der Waals surface area contributed by atoms with E-state index in [0.29, 0.717) is 12.8 Å². The highest BCUT2D eigenvalue weighted by Gasteiger charge is 2.40. The number of rotatable bonds is 20. The number of aliphatic hydroxyl groups is 1. The Morgan fingerprint density at radius 1 is 0.733 bits per heavy atom. The number of nitrogens with one attached hydrogen (secondary N) is 1.